The van der Waals surface area contributed by atoms with Crippen molar-refractivity contribution in [3.05, 3.63) is 50.1 Å². The molecule has 0 aliphatic rings. The van der Waals surface area contributed by atoms with Gasteiger partial charge in [-0.3, -0.25) is 4.79 Å². The largest absolute Gasteiger partial charge is 0.398 e. The Balaban J connectivity index is 2.47. The smallest absolute Gasteiger partial charge is 0.196 e. The lowest BCUT2D eigenvalue weighted by molar-refractivity contribution is 0.103. The second kappa shape index (κ2) is 4.39. The van der Waals surface area contributed by atoms with E-state index in [1.807, 2.05) is 25.1 Å². The standard InChI is InChI=1S/C12H10BrNOS/c1-7-9(6-11(13)16-7)12(15)8-4-2-3-5-10(8)14/h2-6H,14H2,1H3. The van der Waals surface area contributed by atoms with Gasteiger partial charge in [-0.15, -0.1) is 11.3 Å². The molecule has 1 aromatic heterocycles. The summed E-state index contributed by atoms with van der Waals surface area (Å²) in [6.45, 7) is 1.93. The Morgan fingerprint density at radius 1 is 1.31 bits per heavy atom. The van der Waals surface area contributed by atoms with E-state index in [4.69, 9.17) is 5.73 Å². The van der Waals surface area contributed by atoms with Crippen molar-refractivity contribution in [2.75, 3.05) is 5.73 Å². The molecule has 0 fully saturated rings. The summed E-state index contributed by atoms with van der Waals surface area (Å²) in [6.07, 6.45) is 0. The van der Waals surface area contributed by atoms with Crippen molar-refractivity contribution in [2.24, 2.45) is 0 Å². The molecule has 0 atom stereocenters. The summed E-state index contributed by atoms with van der Waals surface area (Å²) in [5.41, 5.74) is 7.59. The Morgan fingerprint density at radius 3 is 2.56 bits per heavy atom. The second-order valence-electron chi connectivity index (χ2n) is 3.44. The fourth-order valence-corrected chi connectivity index (χ4v) is 3.21. The molecule has 16 heavy (non-hydrogen) atoms. The van der Waals surface area contributed by atoms with Crippen LogP contribution >= 0.6 is 27.3 Å². The molecule has 2 aromatic rings. The number of aryl methyl sites for hydroxylation is 1. The summed E-state index contributed by atoms with van der Waals surface area (Å²) in [4.78, 5) is 13.2. The fourth-order valence-electron chi connectivity index (χ4n) is 1.52. The molecule has 1 aromatic carbocycles. The Hall–Kier alpha value is -1.13. The average molecular weight is 296 g/mol. The van der Waals surface area contributed by atoms with Crippen LogP contribution in [0, 0.1) is 6.92 Å². The van der Waals surface area contributed by atoms with E-state index in [0.29, 0.717) is 11.3 Å². The molecule has 0 saturated heterocycles. The number of hydrogen-bond donors (Lipinski definition) is 1. The molecular formula is C12H10BrNOS. The van der Waals surface area contributed by atoms with Crippen molar-refractivity contribution in [3.8, 4) is 0 Å². The monoisotopic (exact) mass is 295 g/mol. The molecular weight excluding hydrogens is 286 g/mol. The van der Waals surface area contributed by atoms with Crippen molar-refractivity contribution < 1.29 is 4.79 Å². The average Bonchev–Trinajstić information content (AvgIpc) is 2.58. The van der Waals surface area contributed by atoms with Crippen molar-refractivity contribution in [2.45, 2.75) is 6.92 Å². The van der Waals surface area contributed by atoms with Gasteiger partial charge in [0.05, 0.1) is 3.79 Å². The van der Waals surface area contributed by atoms with Crippen LogP contribution in [0.25, 0.3) is 0 Å². The molecule has 0 amide bonds. The predicted molar refractivity (Wildman–Crippen MR) is 71.0 cm³/mol. The SMILES string of the molecule is Cc1sc(Br)cc1C(=O)c1ccccc1N. The molecule has 2 rings (SSSR count). The van der Waals surface area contributed by atoms with E-state index in [9.17, 15) is 4.79 Å². The van der Waals surface area contributed by atoms with E-state index in [2.05, 4.69) is 15.9 Å². The van der Waals surface area contributed by atoms with Crippen molar-refractivity contribution in [1.29, 1.82) is 0 Å². The molecule has 0 spiro atoms. The summed E-state index contributed by atoms with van der Waals surface area (Å²) in [7, 11) is 0. The highest BCUT2D eigenvalue weighted by Gasteiger charge is 2.16. The van der Waals surface area contributed by atoms with Gasteiger partial charge in [0.1, 0.15) is 0 Å². The summed E-state index contributed by atoms with van der Waals surface area (Å²) in [5.74, 6) is -0.0162. The highest BCUT2D eigenvalue weighted by Crippen LogP contribution is 2.29. The van der Waals surface area contributed by atoms with Crippen molar-refractivity contribution >= 4 is 38.7 Å². The zero-order chi connectivity index (χ0) is 11.7. The molecule has 0 bridgehead atoms. The van der Waals surface area contributed by atoms with Gasteiger partial charge < -0.3 is 5.73 Å². The number of carbonyl (C=O) groups excluding carboxylic acids is 1. The van der Waals surface area contributed by atoms with Gasteiger partial charge >= 0.3 is 0 Å². The third-order valence-corrected chi connectivity index (χ3v) is 3.89. The number of halogens is 1. The topological polar surface area (TPSA) is 43.1 Å². The number of nitrogen functional groups attached to an aromatic ring is 1. The third kappa shape index (κ3) is 2.03. The van der Waals surface area contributed by atoms with Crippen LogP contribution in [0.5, 0.6) is 0 Å². The number of para-hydroxylation sites is 1. The highest BCUT2D eigenvalue weighted by molar-refractivity contribution is 9.11. The lowest BCUT2D eigenvalue weighted by Crippen LogP contribution is -2.05. The lowest BCUT2D eigenvalue weighted by Gasteiger charge is -2.03. The van der Waals surface area contributed by atoms with E-state index < -0.39 is 0 Å². The zero-order valence-electron chi connectivity index (χ0n) is 8.66. The van der Waals surface area contributed by atoms with Gasteiger partial charge in [0, 0.05) is 21.7 Å². The fraction of sp³-hybridized carbons (Fsp3) is 0.0833. The van der Waals surface area contributed by atoms with Crippen LogP contribution in [0.15, 0.2) is 34.1 Å². The van der Waals surface area contributed by atoms with E-state index in [-0.39, 0.29) is 5.78 Å². The van der Waals surface area contributed by atoms with Crippen LogP contribution in [0.4, 0.5) is 5.69 Å². The number of ketones is 1. The van der Waals surface area contributed by atoms with E-state index in [0.717, 1.165) is 14.2 Å². The maximum atomic E-state index is 12.2. The molecule has 0 aliphatic carbocycles. The quantitative estimate of drug-likeness (QED) is 0.679. The van der Waals surface area contributed by atoms with Gasteiger partial charge in [0.25, 0.3) is 0 Å². The molecule has 1 heterocycles. The second-order valence-corrected chi connectivity index (χ2v) is 6.07. The first-order valence-corrected chi connectivity index (χ1v) is 6.35. The Morgan fingerprint density at radius 2 is 2.00 bits per heavy atom. The number of carbonyl (C=O) groups is 1. The van der Waals surface area contributed by atoms with Crippen LogP contribution in [0.1, 0.15) is 20.8 Å². The Bertz CT molecular complexity index is 548. The van der Waals surface area contributed by atoms with Crippen LogP contribution in [-0.4, -0.2) is 5.78 Å². The lowest BCUT2D eigenvalue weighted by atomic mass is 10.0. The molecule has 0 radical (unpaired) electrons. The van der Waals surface area contributed by atoms with Gasteiger partial charge in [-0.2, -0.15) is 0 Å². The minimum absolute atomic E-state index is 0.0162. The van der Waals surface area contributed by atoms with E-state index in [1.165, 1.54) is 0 Å². The van der Waals surface area contributed by atoms with Gasteiger partial charge in [-0.25, -0.2) is 0 Å². The Labute approximate surface area is 106 Å². The maximum Gasteiger partial charge on any atom is 0.196 e. The molecule has 2 nitrogen and oxygen atoms in total. The van der Waals surface area contributed by atoms with Crippen LogP contribution in [0.2, 0.25) is 0 Å². The summed E-state index contributed by atoms with van der Waals surface area (Å²) in [6, 6.07) is 8.98. The van der Waals surface area contributed by atoms with E-state index >= 15 is 0 Å². The normalized spacial score (nSPS) is 10.4. The number of rotatable bonds is 2. The zero-order valence-corrected chi connectivity index (χ0v) is 11.1. The summed E-state index contributed by atoms with van der Waals surface area (Å²) >= 11 is 4.93. The van der Waals surface area contributed by atoms with Crippen LogP contribution < -0.4 is 5.73 Å². The first-order valence-electron chi connectivity index (χ1n) is 4.74. The van der Waals surface area contributed by atoms with E-state index in [1.54, 1.807) is 23.5 Å². The number of anilines is 1. The molecule has 0 aliphatic heterocycles. The van der Waals surface area contributed by atoms with Gasteiger partial charge in [0.15, 0.2) is 5.78 Å². The number of benzene rings is 1. The van der Waals surface area contributed by atoms with Gasteiger partial charge in [-0.05, 0) is 41.1 Å². The third-order valence-electron chi connectivity index (χ3n) is 2.34. The van der Waals surface area contributed by atoms with Crippen molar-refractivity contribution in [1.82, 2.24) is 0 Å². The molecule has 82 valence electrons. The molecule has 0 saturated carbocycles. The van der Waals surface area contributed by atoms with Gasteiger partial charge in [-0.1, -0.05) is 12.1 Å². The first kappa shape index (κ1) is 11.4. The highest BCUT2D eigenvalue weighted by atomic mass is 79.9. The predicted octanol–water partition coefficient (Wildman–Crippen LogP) is 3.63. The summed E-state index contributed by atoms with van der Waals surface area (Å²) in [5, 5.41) is 0. The molecule has 2 N–H and O–H groups in total. The van der Waals surface area contributed by atoms with Crippen molar-refractivity contribution in [3.63, 3.8) is 0 Å². The molecule has 0 unspecified atom stereocenters. The van der Waals surface area contributed by atoms with Crippen LogP contribution in [0.3, 0.4) is 0 Å². The summed E-state index contributed by atoms with van der Waals surface area (Å²) < 4.78 is 0.961. The minimum atomic E-state index is -0.0162. The number of hydrogen-bond acceptors (Lipinski definition) is 3. The van der Waals surface area contributed by atoms with Crippen LogP contribution in [-0.2, 0) is 0 Å². The number of nitrogens with two attached hydrogens (primary N) is 1. The minimum Gasteiger partial charge on any atom is -0.398 e. The number of thiophene rings is 1. The first-order chi connectivity index (χ1) is 7.59. The Kier molecular flexibility index (Phi) is 3.12. The maximum absolute atomic E-state index is 12.2. The van der Waals surface area contributed by atoms with Gasteiger partial charge in [0.2, 0.25) is 0 Å². The molecule has 4 heteroatoms.